The summed E-state index contributed by atoms with van der Waals surface area (Å²) in [6.07, 6.45) is 0.424. The van der Waals surface area contributed by atoms with Crippen LogP contribution in [0.5, 0.6) is 0 Å². The van der Waals surface area contributed by atoms with Crippen molar-refractivity contribution >= 4 is 5.91 Å². The summed E-state index contributed by atoms with van der Waals surface area (Å²) >= 11 is 0. The van der Waals surface area contributed by atoms with Crippen molar-refractivity contribution in [1.29, 1.82) is 5.26 Å². The molecule has 7 nitrogen and oxygen atoms in total. The summed E-state index contributed by atoms with van der Waals surface area (Å²) in [7, 11) is 0. The van der Waals surface area contributed by atoms with Crippen LogP contribution in [-0.4, -0.2) is 28.4 Å². The number of carbonyl (C=O) groups excluding carboxylic acids is 1. The lowest BCUT2D eigenvalue weighted by Gasteiger charge is -2.19. The fourth-order valence-corrected chi connectivity index (χ4v) is 2.58. The Morgan fingerprint density at radius 1 is 1.29 bits per heavy atom. The van der Waals surface area contributed by atoms with E-state index >= 15 is 0 Å². The van der Waals surface area contributed by atoms with Gasteiger partial charge in [-0.3, -0.25) is 14.7 Å². The average molecular weight is 389 g/mol. The topological polar surface area (TPSA) is 103 Å². The Hall–Kier alpha value is -3.74. The minimum atomic E-state index is -4.50. The number of halogens is 3. The lowest BCUT2D eigenvalue weighted by molar-refractivity contribution is -0.136. The number of nitrogens with one attached hydrogen (secondary N) is 3. The van der Waals surface area contributed by atoms with E-state index in [4.69, 9.17) is 5.26 Å². The molecule has 1 aliphatic rings. The Morgan fingerprint density at radius 3 is 2.57 bits per heavy atom. The Bertz CT molecular complexity index is 1040. The molecule has 0 aliphatic carbocycles. The number of H-pyrrole nitrogens is 1. The highest BCUT2D eigenvalue weighted by atomic mass is 19.4. The largest absolute Gasteiger partial charge is 0.405 e. The van der Waals surface area contributed by atoms with Gasteiger partial charge in [-0.15, -0.1) is 0 Å². The molecule has 0 spiro atoms. The second-order valence-electron chi connectivity index (χ2n) is 5.92. The zero-order chi connectivity index (χ0) is 20.3. The van der Waals surface area contributed by atoms with Crippen LogP contribution < -0.4 is 16.2 Å². The molecule has 1 unspecified atom stereocenters. The van der Waals surface area contributed by atoms with Crippen LogP contribution in [0.3, 0.4) is 0 Å². The second kappa shape index (κ2) is 7.48. The van der Waals surface area contributed by atoms with Gasteiger partial charge in [0.25, 0.3) is 11.5 Å². The molecule has 1 atom stereocenters. The molecule has 3 N–H and O–H groups in total. The number of aromatic amines is 1. The first-order valence-electron chi connectivity index (χ1n) is 8.08. The summed E-state index contributed by atoms with van der Waals surface area (Å²) in [5.74, 6) is -0.878. The quantitative estimate of drug-likeness (QED) is 0.744. The summed E-state index contributed by atoms with van der Waals surface area (Å²) in [5.41, 5.74) is 1.15. The summed E-state index contributed by atoms with van der Waals surface area (Å²) in [6, 6.07) is 8.50. The highest BCUT2D eigenvalue weighted by Gasteiger charge is 2.28. The third kappa shape index (κ3) is 4.15. The maximum Gasteiger partial charge on any atom is 0.405 e. The van der Waals surface area contributed by atoms with Crippen LogP contribution in [0.15, 0.2) is 59.2 Å². The molecule has 0 bridgehead atoms. The molecular formula is C18H14F3N5O2. The Balaban J connectivity index is 1.71. The standard InChI is InChI=1S/C18H14F3N5O2/c19-18(20,21)10-24-16(27)13-5-6-15(23-8-13)26-17(28)14(9-25-26)12-3-1-11(7-22)2-4-12/h1-6,8-9,15,23,25H,10H2,(H,24,27). The van der Waals surface area contributed by atoms with Crippen molar-refractivity contribution in [3.8, 4) is 17.2 Å². The summed E-state index contributed by atoms with van der Waals surface area (Å²) in [4.78, 5) is 24.3. The number of hydrogen-bond donors (Lipinski definition) is 3. The molecule has 3 rings (SSSR count). The van der Waals surface area contributed by atoms with Crippen LogP contribution in [0.2, 0.25) is 0 Å². The molecule has 1 aromatic carbocycles. The number of carbonyl (C=O) groups is 1. The highest BCUT2D eigenvalue weighted by molar-refractivity contribution is 5.96. The molecule has 0 saturated carbocycles. The molecule has 0 fully saturated rings. The number of dihydropyridines is 1. The van der Waals surface area contributed by atoms with Gasteiger partial charge in [-0.05, 0) is 29.8 Å². The van der Waals surface area contributed by atoms with Crippen molar-refractivity contribution < 1.29 is 18.0 Å². The van der Waals surface area contributed by atoms with Crippen LogP contribution in [0, 0.1) is 11.3 Å². The van der Waals surface area contributed by atoms with Crippen LogP contribution in [0.4, 0.5) is 13.2 Å². The average Bonchev–Trinajstić information content (AvgIpc) is 3.07. The molecule has 2 aromatic rings. The lowest BCUT2D eigenvalue weighted by Crippen LogP contribution is -2.36. The number of nitriles is 1. The number of nitrogens with zero attached hydrogens (tertiary/aromatic N) is 2. The van der Waals surface area contributed by atoms with Gasteiger partial charge in [-0.2, -0.15) is 18.4 Å². The minimum Gasteiger partial charge on any atom is -0.366 e. The first-order valence-corrected chi connectivity index (χ1v) is 8.08. The van der Waals surface area contributed by atoms with Gasteiger partial charge >= 0.3 is 6.18 Å². The lowest BCUT2D eigenvalue weighted by atomic mass is 10.1. The number of hydrogen-bond acceptors (Lipinski definition) is 4. The molecule has 10 heteroatoms. The van der Waals surface area contributed by atoms with Gasteiger partial charge in [0, 0.05) is 12.4 Å². The number of amides is 1. The van der Waals surface area contributed by atoms with E-state index in [1.54, 1.807) is 29.6 Å². The maximum atomic E-state index is 12.6. The van der Waals surface area contributed by atoms with Gasteiger partial charge in [0.15, 0.2) is 0 Å². The number of alkyl halides is 3. The SMILES string of the molecule is N#Cc1ccc(-c2c[nH]n(C3C=CC(C(=O)NCC(F)(F)F)=CN3)c2=O)cc1. The van der Waals surface area contributed by atoms with Crippen molar-refractivity contribution in [2.24, 2.45) is 0 Å². The first-order chi connectivity index (χ1) is 13.3. The Labute approximate surface area is 156 Å². The van der Waals surface area contributed by atoms with Crippen molar-refractivity contribution in [3.05, 3.63) is 70.3 Å². The van der Waals surface area contributed by atoms with Gasteiger partial charge in [-0.1, -0.05) is 12.1 Å². The molecule has 28 heavy (non-hydrogen) atoms. The van der Waals surface area contributed by atoms with E-state index in [-0.39, 0.29) is 11.1 Å². The van der Waals surface area contributed by atoms with E-state index in [2.05, 4.69) is 10.4 Å². The molecule has 144 valence electrons. The van der Waals surface area contributed by atoms with E-state index in [1.807, 2.05) is 6.07 Å². The van der Waals surface area contributed by atoms with Crippen LogP contribution in [-0.2, 0) is 4.79 Å². The van der Waals surface area contributed by atoms with E-state index in [0.29, 0.717) is 16.7 Å². The van der Waals surface area contributed by atoms with E-state index in [9.17, 15) is 22.8 Å². The number of rotatable bonds is 4. The molecule has 0 radical (unpaired) electrons. The third-order valence-electron chi connectivity index (χ3n) is 3.98. The summed E-state index contributed by atoms with van der Waals surface area (Å²) in [5, 5.41) is 16.2. The van der Waals surface area contributed by atoms with Crippen molar-refractivity contribution in [3.63, 3.8) is 0 Å². The van der Waals surface area contributed by atoms with Gasteiger partial charge in [-0.25, -0.2) is 4.68 Å². The van der Waals surface area contributed by atoms with Crippen molar-refractivity contribution in [2.45, 2.75) is 12.3 Å². The van der Waals surface area contributed by atoms with E-state index in [0.717, 1.165) is 0 Å². The van der Waals surface area contributed by atoms with Crippen LogP contribution in [0.25, 0.3) is 11.1 Å². The smallest absolute Gasteiger partial charge is 0.366 e. The predicted molar refractivity (Wildman–Crippen MR) is 93.7 cm³/mol. The van der Waals surface area contributed by atoms with Gasteiger partial charge in [0.05, 0.1) is 22.8 Å². The predicted octanol–water partition coefficient (Wildman–Crippen LogP) is 1.94. The molecule has 1 aliphatic heterocycles. The fraction of sp³-hybridized carbons (Fsp3) is 0.167. The van der Waals surface area contributed by atoms with Crippen LogP contribution >= 0.6 is 0 Å². The van der Waals surface area contributed by atoms with E-state index in [1.165, 1.54) is 29.2 Å². The molecular weight excluding hydrogens is 375 g/mol. The second-order valence-corrected chi connectivity index (χ2v) is 5.92. The number of aromatic nitrogens is 2. The highest BCUT2D eigenvalue weighted by Crippen LogP contribution is 2.18. The van der Waals surface area contributed by atoms with Crippen molar-refractivity contribution in [2.75, 3.05) is 6.54 Å². The normalized spacial score (nSPS) is 16.1. The molecule has 0 saturated heterocycles. The fourth-order valence-electron chi connectivity index (χ4n) is 2.58. The third-order valence-corrected chi connectivity index (χ3v) is 3.98. The first kappa shape index (κ1) is 19.0. The Morgan fingerprint density at radius 2 is 2.00 bits per heavy atom. The zero-order valence-electron chi connectivity index (χ0n) is 14.2. The van der Waals surface area contributed by atoms with Gasteiger partial charge in [0.2, 0.25) is 0 Å². The van der Waals surface area contributed by atoms with Gasteiger partial charge < -0.3 is 10.6 Å². The maximum absolute atomic E-state index is 12.6. The summed E-state index contributed by atoms with van der Waals surface area (Å²) < 4.78 is 37.8. The van der Waals surface area contributed by atoms with Crippen LogP contribution in [0.1, 0.15) is 11.7 Å². The van der Waals surface area contributed by atoms with Crippen molar-refractivity contribution in [1.82, 2.24) is 20.4 Å². The number of benzene rings is 1. The molecule has 2 heterocycles. The monoisotopic (exact) mass is 389 g/mol. The molecule has 1 aromatic heterocycles. The molecule has 1 amide bonds. The van der Waals surface area contributed by atoms with E-state index < -0.39 is 24.8 Å². The van der Waals surface area contributed by atoms with Gasteiger partial charge in [0.1, 0.15) is 12.7 Å². The minimum absolute atomic E-state index is 0.00687. The Kier molecular flexibility index (Phi) is 5.08. The zero-order valence-corrected chi connectivity index (χ0v) is 14.2. The summed E-state index contributed by atoms with van der Waals surface area (Å²) in [6.45, 7) is -1.43.